The van der Waals surface area contributed by atoms with E-state index < -0.39 is 0 Å². The molecule has 0 aliphatic rings. The quantitative estimate of drug-likeness (QED) is 0.496. The topological polar surface area (TPSA) is 24.1 Å². The van der Waals surface area contributed by atoms with Crippen molar-refractivity contribution in [3.63, 3.8) is 0 Å². The molecule has 0 aliphatic carbocycles. The highest BCUT2D eigenvalue weighted by molar-refractivity contribution is 6.18. The number of halogens is 3. The van der Waals surface area contributed by atoms with E-state index in [1.54, 1.807) is 0 Å². The van der Waals surface area contributed by atoms with E-state index in [2.05, 4.69) is 10.6 Å². The molecule has 0 saturated carbocycles. The summed E-state index contributed by atoms with van der Waals surface area (Å²) in [6, 6.07) is 0. The summed E-state index contributed by atoms with van der Waals surface area (Å²) < 4.78 is 0. The van der Waals surface area contributed by atoms with E-state index in [1.165, 1.54) is 0 Å². The standard InChI is InChI=1S/C6H14Cl2N2.ClH/c7-1-3-9-5-6-10-4-2-8;/h9-10H,1-6H2;1H. The van der Waals surface area contributed by atoms with Crippen molar-refractivity contribution in [2.45, 2.75) is 0 Å². The van der Waals surface area contributed by atoms with E-state index in [1.807, 2.05) is 0 Å². The van der Waals surface area contributed by atoms with Crippen LogP contribution in [-0.4, -0.2) is 37.9 Å². The van der Waals surface area contributed by atoms with Gasteiger partial charge in [-0.1, -0.05) is 0 Å². The van der Waals surface area contributed by atoms with Crippen molar-refractivity contribution in [2.75, 3.05) is 37.9 Å². The van der Waals surface area contributed by atoms with Crippen molar-refractivity contribution < 1.29 is 0 Å². The van der Waals surface area contributed by atoms with Gasteiger partial charge in [0.15, 0.2) is 0 Å². The maximum Gasteiger partial charge on any atom is 0.0348 e. The maximum atomic E-state index is 5.44. The molecule has 0 aliphatic heterocycles. The average molecular weight is 222 g/mol. The third-order valence-electron chi connectivity index (χ3n) is 1.02. The summed E-state index contributed by atoms with van der Waals surface area (Å²) in [5, 5.41) is 6.31. The Morgan fingerprint density at radius 2 is 1.09 bits per heavy atom. The first-order valence-electron chi connectivity index (χ1n) is 3.45. The van der Waals surface area contributed by atoms with Gasteiger partial charge in [0.2, 0.25) is 0 Å². The highest BCUT2D eigenvalue weighted by atomic mass is 35.5. The molecule has 5 heteroatoms. The van der Waals surface area contributed by atoms with Crippen molar-refractivity contribution in [2.24, 2.45) is 0 Å². The van der Waals surface area contributed by atoms with Gasteiger partial charge in [-0.15, -0.1) is 35.6 Å². The molecule has 2 nitrogen and oxygen atoms in total. The second kappa shape index (κ2) is 13.4. The Morgan fingerprint density at radius 3 is 1.36 bits per heavy atom. The van der Waals surface area contributed by atoms with Crippen molar-refractivity contribution in [3.8, 4) is 0 Å². The summed E-state index contributed by atoms with van der Waals surface area (Å²) in [5.74, 6) is 1.35. The van der Waals surface area contributed by atoms with Crippen LogP contribution >= 0.6 is 35.6 Å². The Morgan fingerprint density at radius 1 is 0.727 bits per heavy atom. The third-order valence-corrected chi connectivity index (χ3v) is 1.40. The maximum absolute atomic E-state index is 5.44. The van der Waals surface area contributed by atoms with E-state index in [-0.39, 0.29) is 12.4 Å². The van der Waals surface area contributed by atoms with E-state index >= 15 is 0 Å². The SMILES string of the molecule is Cl.ClCCNCCNCCCl. The molecule has 0 spiro atoms. The lowest BCUT2D eigenvalue weighted by Crippen LogP contribution is -2.29. The predicted molar refractivity (Wildman–Crippen MR) is 54.4 cm³/mol. The first kappa shape index (κ1) is 14.3. The zero-order valence-electron chi connectivity index (χ0n) is 6.41. The molecule has 0 unspecified atom stereocenters. The second-order valence-electron chi connectivity index (χ2n) is 1.88. The van der Waals surface area contributed by atoms with Crippen LogP contribution in [0, 0.1) is 0 Å². The molecule has 0 radical (unpaired) electrons. The molecule has 0 atom stereocenters. The minimum Gasteiger partial charge on any atom is -0.314 e. The molecule has 0 aromatic heterocycles. The summed E-state index contributed by atoms with van der Waals surface area (Å²) in [6.45, 7) is 3.68. The van der Waals surface area contributed by atoms with Crippen LogP contribution in [0.3, 0.4) is 0 Å². The van der Waals surface area contributed by atoms with E-state index in [0.717, 1.165) is 26.2 Å². The van der Waals surface area contributed by atoms with Crippen LogP contribution in [0.5, 0.6) is 0 Å². The van der Waals surface area contributed by atoms with Gasteiger partial charge in [0.25, 0.3) is 0 Å². The fourth-order valence-corrected chi connectivity index (χ4v) is 0.828. The summed E-state index contributed by atoms with van der Waals surface area (Å²) in [7, 11) is 0. The summed E-state index contributed by atoms with van der Waals surface area (Å²) in [5.41, 5.74) is 0. The van der Waals surface area contributed by atoms with Gasteiger partial charge < -0.3 is 10.6 Å². The Balaban J connectivity index is 0. The molecule has 11 heavy (non-hydrogen) atoms. The van der Waals surface area contributed by atoms with E-state index in [4.69, 9.17) is 23.2 Å². The summed E-state index contributed by atoms with van der Waals surface area (Å²) in [4.78, 5) is 0. The van der Waals surface area contributed by atoms with Crippen molar-refractivity contribution in [1.82, 2.24) is 10.6 Å². The monoisotopic (exact) mass is 220 g/mol. The van der Waals surface area contributed by atoms with E-state index in [0.29, 0.717) is 11.8 Å². The minimum atomic E-state index is 0. The molecule has 70 valence electrons. The highest BCUT2D eigenvalue weighted by Crippen LogP contribution is 1.70. The van der Waals surface area contributed by atoms with Gasteiger partial charge in [0.05, 0.1) is 0 Å². The molecule has 0 aromatic carbocycles. The van der Waals surface area contributed by atoms with Crippen LogP contribution in [-0.2, 0) is 0 Å². The smallest absolute Gasteiger partial charge is 0.0348 e. The molecule has 2 N–H and O–H groups in total. The van der Waals surface area contributed by atoms with Crippen LogP contribution in [0.25, 0.3) is 0 Å². The Hall–Kier alpha value is 0.790. The Kier molecular flexibility index (Phi) is 17.4. The van der Waals surface area contributed by atoms with Crippen LogP contribution in [0.2, 0.25) is 0 Å². The number of nitrogens with one attached hydrogen (secondary N) is 2. The van der Waals surface area contributed by atoms with Crippen LogP contribution in [0.4, 0.5) is 0 Å². The summed E-state index contributed by atoms with van der Waals surface area (Å²) >= 11 is 10.9. The lowest BCUT2D eigenvalue weighted by molar-refractivity contribution is 0.644. The third kappa shape index (κ3) is 13.7. The first-order chi connectivity index (χ1) is 4.91. The molecule has 0 bridgehead atoms. The van der Waals surface area contributed by atoms with Crippen molar-refractivity contribution >= 4 is 35.6 Å². The molecule has 0 aromatic rings. The highest BCUT2D eigenvalue weighted by Gasteiger charge is 1.84. The van der Waals surface area contributed by atoms with Gasteiger partial charge in [0, 0.05) is 37.9 Å². The van der Waals surface area contributed by atoms with Gasteiger partial charge in [0.1, 0.15) is 0 Å². The zero-order valence-corrected chi connectivity index (χ0v) is 8.74. The molecular weight excluding hydrogens is 206 g/mol. The van der Waals surface area contributed by atoms with Crippen LogP contribution in [0.1, 0.15) is 0 Å². The molecule has 0 amide bonds. The van der Waals surface area contributed by atoms with Gasteiger partial charge in [-0.25, -0.2) is 0 Å². The second-order valence-corrected chi connectivity index (χ2v) is 2.63. The lowest BCUT2D eigenvalue weighted by Gasteiger charge is -2.02. The van der Waals surface area contributed by atoms with E-state index in [9.17, 15) is 0 Å². The fraction of sp³-hybridized carbons (Fsp3) is 1.00. The fourth-order valence-electron chi connectivity index (χ4n) is 0.560. The molecular formula is C6H15Cl3N2. The first-order valence-corrected chi connectivity index (χ1v) is 4.52. The van der Waals surface area contributed by atoms with Gasteiger partial charge in [-0.05, 0) is 0 Å². The average Bonchev–Trinajstić information content (AvgIpc) is 1.97. The normalized spacial score (nSPS) is 9.27. The summed E-state index contributed by atoms with van der Waals surface area (Å²) in [6.07, 6.45) is 0. The molecule has 0 saturated heterocycles. The van der Waals surface area contributed by atoms with Gasteiger partial charge >= 0.3 is 0 Å². The molecule has 0 heterocycles. The number of hydrogen-bond donors (Lipinski definition) is 2. The van der Waals surface area contributed by atoms with Crippen LogP contribution in [0.15, 0.2) is 0 Å². The van der Waals surface area contributed by atoms with Gasteiger partial charge in [-0.2, -0.15) is 0 Å². The lowest BCUT2D eigenvalue weighted by atomic mass is 10.5. The Bertz CT molecular complexity index is 55.8. The number of alkyl halides is 2. The van der Waals surface area contributed by atoms with Crippen molar-refractivity contribution in [1.29, 1.82) is 0 Å². The van der Waals surface area contributed by atoms with Crippen molar-refractivity contribution in [3.05, 3.63) is 0 Å². The number of rotatable bonds is 7. The van der Waals surface area contributed by atoms with Crippen LogP contribution < -0.4 is 10.6 Å². The molecule has 0 fully saturated rings. The van der Waals surface area contributed by atoms with Gasteiger partial charge in [-0.3, -0.25) is 0 Å². The minimum absolute atomic E-state index is 0. The molecule has 0 rings (SSSR count). The predicted octanol–water partition coefficient (Wildman–Crippen LogP) is 1.06. The Labute approximate surface area is 84.4 Å². The zero-order chi connectivity index (χ0) is 7.66. The number of hydrogen-bond acceptors (Lipinski definition) is 2. The largest absolute Gasteiger partial charge is 0.314 e.